The van der Waals surface area contributed by atoms with Crippen LogP contribution in [0.15, 0.2) is 28.8 Å². The summed E-state index contributed by atoms with van der Waals surface area (Å²) in [7, 11) is 0. The first kappa shape index (κ1) is 19.4. The van der Waals surface area contributed by atoms with Crippen molar-refractivity contribution in [3.05, 3.63) is 30.2 Å². The number of rotatable bonds is 7. The first-order valence-corrected chi connectivity index (χ1v) is 9.64. The molecule has 1 N–H and O–H groups in total. The van der Waals surface area contributed by atoms with Crippen LogP contribution in [0.4, 0.5) is 0 Å². The highest BCUT2D eigenvalue weighted by Gasteiger charge is 2.23. The van der Waals surface area contributed by atoms with E-state index < -0.39 is 0 Å². The first-order valence-electron chi connectivity index (χ1n) is 9.64. The molecule has 1 aromatic heterocycles. The van der Waals surface area contributed by atoms with Crippen molar-refractivity contribution in [2.24, 2.45) is 5.92 Å². The zero-order valence-electron chi connectivity index (χ0n) is 16.3. The van der Waals surface area contributed by atoms with Crippen molar-refractivity contribution >= 4 is 5.91 Å². The molecule has 2 aromatic rings. The third-order valence-corrected chi connectivity index (χ3v) is 4.71. The molecular weight excluding hydrogens is 344 g/mol. The topological polar surface area (TPSA) is 80.5 Å². The Hall–Kier alpha value is -2.41. The van der Waals surface area contributed by atoms with Crippen LogP contribution < -0.4 is 10.1 Å². The van der Waals surface area contributed by atoms with Gasteiger partial charge in [0.15, 0.2) is 0 Å². The molecule has 1 saturated heterocycles. The minimum Gasteiger partial charge on any atom is -0.493 e. The minimum atomic E-state index is 0.0272. The fraction of sp³-hybridized carbons (Fsp3) is 0.550. The predicted molar refractivity (Wildman–Crippen MR) is 102 cm³/mol. The Morgan fingerprint density at radius 3 is 2.78 bits per heavy atom. The molecule has 0 unspecified atom stereocenters. The van der Waals surface area contributed by atoms with Gasteiger partial charge in [-0.2, -0.15) is 4.98 Å². The average Bonchev–Trinajstić information content (AvgIpc) is 3.12. The second-order valence-electron chi connectivity index (χ2n) is 7.15. The monoisotopic (exact) mass is 372 g/mol. The largest absolute Gasteiger partial charge is 0.493 e. The van der Waals surface area contributed by atoms with E-state index in [0.29, 0.717) is 24.9 Å². The number of nitrogens with zero attached hydrogens (tertiary/aromatic N) is 3. The van der Waals surface area contributed by atoms with Crippen molar-refractivity contribution in [2.75, 3.05) is 19.7 Å². The first-order chi connectivity index (χ1) is 13.1. The molecule has 1 aliphatic rings. The summed E-state index contributed by atoms with van der Waals surface area (Å²) < 4.78 is 11.1. The summed E-state index contributed by atoms with van der Waals surface area (Å²) in [6.07, 6.45) is 1.87. The number of carbonyl (C=O) groups excluding carboxylic acids is 1. The fourth-order valence-corrected chi connectivity index (χ4v) is 3.16. The summed E-state index contributed by atoms with van der Waals surface area (Å²) in [5.41, 5.74) is 0.837. The number of aromatic nitrogens is 2. The molecule has 0 bridgehead atoms. The van der Waals surface area contributed by atoms with E-state index in [9.17, 15) is 4.79 Å². The summed E-state index contributed by atoms with van der Waals surface area (Å²) in [6.45, 7) is 8.79. The number of nitrogens with one attached hydrogen (secondary N) is 1. The molecule has 2 heterocycles. The van der Waals surface area contributed by atoms with Gasteiger partial charge in [0.05, 0.1) is 18.7 Å². The van der Waals surface area contributed by atoms with Crippen molar-refractivity contribution in [1.29, 1.82) is 0 Å². The van der Waals surface area contributed by atoms with Crippen molar-refractivity contribution in [3.8, 4) is 17.1 Å². The van der Waals surface area contributed by atoms with Gasteiger partial charge in [-0.15, -0.1) is 0 Å². The number of amides is 1. The summed E-state index contributed by atoms with van der Waals surface area (Å²) in [6, 6.07) is 7.96. The van der Waals surface area contributed by atoms with Crippen LogP contribution in [-0.4, -0.2) is 46.7 Å². The second-order valence-corrected chi connectivity index (χ2v) is 7.15. The highest BCUT2D eigenvalue weighted by molar-refractivity contribution is 5.78. The zero-order chi connectivity index (χ0) is 19.2. The maximum Gasteiger partial charge on any atom is 0.241 e. The molecule has 0 aliphatic carbocycles. The number of piperidine rings is 1. The fourth-order valence-electron chi connectivity index (χ4n) is 3.16. The van der Waals surface area contributed by atoms with E-state index in [1.54, 1.807) is 0 Å². The number of hydrogen-bond acceptors (Lipinski definition) is 6. The number of ether oxygens (including phenoxy) is 1. The van der Waals surface area contributed by atoms with Crippen LogP contribution in [0.3, 0.4) is 0 Å². The third kappa shape index (κ3) is 5.07. The van der Waals surface area contributed by atoms with Gasteiger partial charge in [-0.3, -0.25) is 9.69 Å². The van der Waals surface area contributed by atoms with E-state index in [2.05, 4.69) is 20.4 Å². The quantitative estimate of drug-likeness (QED) is 0.805. The molecule has 1 aromatic carbocycles. The lowest BCUT2D eigenvalue weighted by atomic mass is 10.0. The molecule has 1 amide bonds. The van der Waals surface area contributed by atoms with Crippen molar-refractivity contribution in [1.82, 2.24) is 20.4 Å². The van der Waals surface area contributed by atoms with Crippen molar-refractivity contribution < 1.29 is 14.1 Å². The number of hydrogen-bond donors (Lipinski definition) is 1. The maximum absolute atomic E-state index is 11.8. The minimum absolute atomic E-state index is 0.0272. The van der Waals surface area contributed by atoms with Gasteiger partial charge in [0.2, 0.25) is 17.6 Å². The van der Waals surface area contributed by atoms with E-state index in [1.165, 1.54) is 0 Å². The van der Waals surface area contributed by atoms with Crippen LogP contribution in [0.25, 0.3) is 11.4 Å². The molecule has 0 saturated carbocycles. The molecule has 146 valence electrons. The lowest BCUT2D eigenvalue weighted by molar-refractivity contribution is -0.125. The Bertz CT molecular complexity index is 751. The van der Waals surface area contributed by atoms with Gasteiger partial charge in [-0.05, 0) is 31.9 Å². The van der Waals surface area contributed by atoms with Crippen LogP contribution >= 0.6 is 0 Å². The van der Waals surface area contributed by atoms with Crippen molar-refractivity contribution in [2.45, 2.75) is 46.2 Å². The Kier molecular flexibility index (Phi) is 6.45. The smallest absolute Gasteiger partial charge is 0.241 e. The Labute approximate surface area is 160 Å². The van der Waals surface area contributed by atoms with Gasteiger partial charge in [0, 0.05) is 25.0 Å². The summed E-state index contributed by atoms with van der Waals surface area (Å²) in [4.78, 5) is 18.6. The molecule has 7 heteroatoms. The lowest BCUT2D eigenvalue weighted by Crippen LogP contribution is -2.45. The van der Waals surface area contributed by atoms with E-state index in [4.69, 9.17) is 9.26 Å². The molecule has 1 fully saturated rings. The SMILES string of the molecule is CCOc1ccccc1-c1noc(CN2CCC(NC(=O)C(C)C)CC2)n1. The maximum atomic E-state index is 11.8. The van der Waals surface area contributed by atoms with Gasteiger partial charge in [0.1, 0.15) is 5.75 Å². The van der Waals surface area contributed by atoms with Gasteiger partial charge in [-0.1, -0.05) is 31.1 Å². The second kappa shape index (κ2) is 8.99. The van der Waals surface area contributed by atoms with Crippen LogP contribution in [0.5, 0.6) is 5.75 Å². The van der Waals surface area contributed by atoms with E-state index in [1.807, 2.05) is 45.0 Å². The van der Waals surface area contributed by atoms with Gasteiger partial charge < -0.3 is 14.6 Å². The molecule has 7 nitrogen and oxygen atoms in total. The zero-order valence-corrected chi connectivity index (χ0v) is 16.3. The Morgan fingerprint density at radius 1 is 1.33 bits per heavy atom. The standard InChI is InChI=1S/C20H28N4O3/c1-4-26-17-8-6-5-7-16(17)19-22-18(27-23-19)13-24-11-9-15(10-12-24)21-20(25)14(2)3/h5-8,14-15H,4,9-13H2,1-3H3,(H,21,25). The predicted octanol–water partition coefficient (Wildman–Crippen LogP) is 2.87. The molecule has 1 aliphatic heterocycles. The average molecular weight is 372 g/mol. The summed E-state index contributed by atoms with van der Waals surface area (Å²) >= 11 is 0. The molecule has 0 spiro atoms. The Morgan fingerprint density at radius 2 is 2.07 bits per heavy atom. The lowest BCUT2D eigenvalue weighted by Gasteiger charge is -2.31. The molecular formula is C20H28N4O3. The normalized spacial score (nSPS) is 15.9. The summed E-state index contributed by atoms with van der Waals surface area (Å²) in [5, 5.41) is 7.23. The van der Waals surface area contributed by atoms with Gasteiger partial charge >= 0.3 is 0 Å². The van der Waals surface area contributed by atoms with Crippen LogP contribution in [0, 0.1) is 5.92 Å². The van der Waals surface area contributed by atoms with Gasteiger partial charge in [0.25, 0.3) is 0 Å². The Balaban J connectivity index is 1.56. The van der Waals surface area contributed by atoms with E-state index in [0.717, 1.165) is 37.2 Å². The van der Waals surface area contributed by atoms with Crippen LogP contribution in [0.1, 0.15) is 39.5 Å². The van der Waals surface area contributed by atoms with Crippen LogP contribution in [-0.2, 0) is 11.3 Å². The van der Waals surface area contributed by atoms with E-state index in [-0.39, 0.29) is 17.9 Å². The van der Waals surface area contributed by atoms with E-state index >= 15 is 0 Å². The van der Waals surface area contributed by atoms with Crippen molar-refractivity contribution in [3.63, 3.8) is 0 Å². The molecule has 0 atom stereocenters. The summed E-state index contributed by atoms with van der Waals surface area (Å²) in [5.74, 6) is 2.06. The number of benzene rings is 1. The molecule has 3 rings (SSSR count). The number of carbonyl (C=O) groups is 1. The highest BCUT2D eigenvalue weighted by atomic mass is 16.5. The number of para-hydroxylation sites is 1. The molecule has 27 heavy (non-hydrogen) atoms. The highest BCUT2D eigenvalue weighted by Crippen LogP contribution is 2.27. The van der Waals surface area contributed by atoms with Crippen LogP contribution in [0.2, 0.25) is 0 Å². The molecule has 0 radical (unpaired) electrons. The van der Waals surface area contributed by atoms with Gasteiger partial charge in [-0.25, -0.2) is 0 Å². The number of likely N-dealkylation sites (tertiary alicyclic amines) is 1. The third-order valence-electron chi connectivity index (χ3n) is 4.71.